The van der Waals surface area contributed by atoms with Crippen molar-refractivity contribution in [3.05, 3.63) is 0 Å². The van der Waals surface area contributed by atoms with Crippen LogP contribution in [0.15, 0.2) is 0 Å². The van der Waals surface area contributed by atoms with E-state index in [4.69, 9.17) is 10.2 Å². The molecule has 1 rings (SSSR count). The van der Waals surface area contributed by atoms with E-state index >= 15 is 0 Å². The number of nitrogens with one attached hydrogen (secondary N) is 1. The zero-order chi connectivity index (χ0) is 6.85. The molecule has 4 heteroatoms. The van der Waals surface area contributed by atoms with Gasteiger partial charge in [0, 0.05) is 6.04 Å². The van der Waals surface area contributed by atoms with E-state index in [1.54, 1.807) is 0 Å². The van der Waals surface area contributed by atoms with Crippen LogP contribution in [0.25, 0.3) is 0 Å². The molecule has 1 aliphatic heterocycles. The van der Waals surface area contributed by atoms with Crippen molar-refractivity contribution < 1.29 is 15.0 Å². The molecule has 9 heavy (non-hydrogen) atoms. The minimum atomic E-state index is -0.834. The molecular formula is C5H9NO3. The van der Waals surface area contributed by atoms with Crippen LogP contribution < -0.4 is 5.32 Å². The van der Waals surface area contributed by atoms with E-state index < -0.39 is 12.0 Å². The maximum Gasteiger partial charge on any atom is 0.320 e. The lowest BCUT2D eigenvalue weighted by Crippen LogP contribution is -2.57. The summed E-state index contributed by atoms with van der Waals surface area (Å²) in [6.45, 7) is 0.0315. The van der Waals surface area contributed by atoms with Gasteiger partial charge in [-0.1, -0.05) is 0 Å². The molecule has 4 nitrogen and oxygen atoms in total. The van der Waals surface area contributed by atoms with Gasteiger partial charge in [-0.15, -0.1) is 0 Å². The van der Waals surface area contributed by atoms with Crippen LogP contribution in [0.2, 0.25) is 0 Å². The molecule has 1 heterocycles. The van der Waals surface area contributed by atoms with E-state index in [0.29, 0.717) is 6.42 Å². The van der Waals surface area contributed by atoms with Crippen LogP contribution in [0, 0.1) is 0 Å². The molecule has 2 unspecified atom stereocenters. The fourth-order valence-electron chi connectivity index (χ4n) is 0.844. The molecule has 52 valence electrons. The SMILES string of the molecule is O=C(O)C1CC(CO)N1. The van der Waals surface area contributed by atoms with Crippen LogP contribution in [0.4, 0.5) is 0 Å². The Morgan fingerprint density at radius 2 is 2.33 bits per heavy atom. The number of carboxylic acid groups (broad SMARTS) is 1. The topological polar surface area (TPSA) is 69.6 Å². The average molecular weight is 131 g/mol. The molecule has 0 aliphatic carbocycles. The number of hydrogen-bond acceptors (Lipinski definition) is 3. The first-order valence-corrected chi connectivity index (χ1v) is 2.83. The van der Waals surface area contributed by atoms with Gasteiger partial charge in [0.15, 0.2) is 0 Å². The second-order valence-electron chi connectivity index (χ2n) is 2.17. The molecule has 0 aromatic heterocycles. The van der Waals surface area contributed by atoms with Gasteiger partial charge in [0.05, 0.1) is 6.61 Å². The van der Waals surface area contributed by atoms with Crippen molar-refractivity contribution >= 4 is 5.97 Å². The molecule has 0 radical (unpaired) electrons. The zero-order valence-corrected chi connectivity index (χ0v) is 4.87. The molecule has 3 N–H and O–H groups in total. The first kappa shape index (κ1) is 6.51. The van der Waals surface area contributed by atoms with Crippen LogP contribution in [-0.4, -0.2) is 34.9 Å². The number of carbonyl (C=O) groups is 1. The van der Waals surface area contributed by atoms with Crippen molar-refractivity contribution in [2.45, 2.75) is 18.5 Å². The monoisotopic (exact) mass is 131 g/mol. The molecule has 0 aromatic carbocycles. The Morgan fingerprint density at radius 1 is 1.78 bits per heavy atom. The Kier molecular flexibility index (Phi) is 1.68. The lowest BCUT2D eigenvalue weighted by Gasteiger charge is -2.32. The van der Waals surface area contributed by atoms with E-state index in [1.807, 2.05) is 0 Å². The van der Waals surface area contributed by atoms with E-state index in [1.165, 1.54) is 0 Å². The number of hydrogen-bond donors (Lipinski definition) is 3. The number of carboxylic acids is 1. The molecule has 0 saturated carbocycles. The maximum absolute atomic E-state index is 10.1. The van der Waals surface area contributed by atoms with Crippen LogP contribution in [0.5, 0.6) is 0 Å². The Morgan fingerprint density at radius 3 is 2.67 bits per heavy atom. The summed E-state index contributed by atoms with van der Waals surface area (Å²) in [5.74, 6) is -0.834. The lowest BCUT2D eigenvalue weighted by molar-refractivity contribution is -0.142. The van der Waals surface area contributed by atoms with Gasteiger partial charge in [0.1, 0.15) is 6.04 Å². The highest BCUT2D eigenvalue weighted by molar-refractivity contribution is 5.74. The van der Waals surface area contributed by atoms with Gasteiger partial charge in [0.25, 0.3) is 0 Å². The van der Waals surface area contributed by atoms with E-state index in [-0.39, 0.29) is 12.6 Å². The van der Waals surface area contributed by atoms with Gasteiger partial charge < -0.3 is 10.2 Å². The second-order valence-corrected chi connectivity index (χ2v) is 2.17. The highest BCUT2D eigenvalue weighted by Gasteiger charge is 2.32. The van der Waals surface area contributed by atoms with Crippen LogP contribution in [0.3, 0.4) is 0 Å². The third-order valence-corrected chi connectivity index (χ3v) is 1.48. The molecule has 0 bridgehead atoms. The fourth-order valence-corrected chi connectivity index (χ4v) is 0.844. The summed E-state index contributed by atoms with van der Waals surface area (Å²) in [6, 6.07) is -0.423. The van der Waals surface area contributed by atoms with Crippen molar-refractivity contribution in [2.24, 2.45) is 0 Å². The van der Waals surface area contributed by atoms with Gasteiger partial charge in [-0.2, -0.15) is 0 Å². The molecule has 1 saturated heterocycles. The number of aliphatic hydroxyl groups excluding tert-OH is 1. The third kappa shape index (κ3) is 1.20. The second kappa shape index (κ2) is 2.33. The zero-order valence-electron chi connectivity index (χ0n) is 4.87. The largest absolute Gasteiger partial charge is 0.480 e. The Labute approximate surface area is 52.5 Å². The fraction of sp³-hybridized carbons (Fsp3) is 0.800. The Balaban J connectivity index is 2.19. The molecule has 0 spiro atoms. The van der Waals surface area contributed by atoms with E-state index in [0.717, 1.165) is 0 Å². The van der Waals surface area contributed by atoms with Crippen molar-refractivity contribution in [3.63, 3.8) is 0 Å². The summed E-state index contributed by atoms with van der Waals surface area (Å²) in [5.41, 5.74) is 0. The van der Waals surface area contributed by atoms with Gasteiger partial charge in [-0.25, -0.2) is 0 Å². The quantitative estimate of drug-likeness (QED) is 0.440. The molecule has 0 aromatic rings. The van der Waals surface area contributed by atoms with Crippen LogP contribution >= 0.6 is 0 Å². The maximum atomic E-state index is 10.1. The highest BCUT2D eigenvalue weighted by Crippen LogP contribution is 2.10. The first-order chi connectivity index (χ1) is 4.24. The van der Waals surface area contributed by atoms with Crippen molar-refractivity contribution in [1.29, 1.82) is 0 Å². The summed E-state index contributed by atoms with van der Waals surface area (Å²) in [4.78, 5) is 10.1. The number of aliphatic carboxylic acids is 1. The smallest absolute Gasteiger partial charge is 0.320 e. The summed E-state index contributed by atoms with van der Waals surface area (Å²) in [5, 5.41) is 19.4. The van der Waals surface area contributed by atoms with Crippen molar-refractivity contribution in [2.75, 3.05) is 6.61 Å². The Bertz CT molecular complexity index is 119. The predicted octanol–water partition coefficient (Wildman–Crippen LogP) is -1.21. The van der Waals surface area contributed by atoms with Crippen LogP contribution in [-0.2, 0) is 4.79 Å². The summed E-state index contributed by atoms with van der Waals surface area (Å²) >= 11 is 0. The van der Waals surface area contributed by atoms with Crippen molar-refractivity contribution in [1.82, 2.24) is 5.32 Å². The van der Waals surface area contributed by atoms with E-state index in [9.17, 15) is 4.79 Å². The number of rotatable bonds is 2. The average Bonchev–Trinajstić information content (AvgIpc) is 1.61. The van der Waals surface area contributed by atoms with Crippen molar-refractivity contribution in [3.8, 4) is 0 Å². The van der Waals surface area contributed by atoms with Gasteiger partial charge in [-0.05, 0) is 6.42 Å². The third-order valence-electron chi connectivity index (χ3n) is 1.48. The standard InChI is InChI=1S/C5H9NO3/c7-2-3-1-4(6-3)5(8)9/h3-4,6-7H,1-2H2,(H,8,9). The first-order valence-electron chi connectivity index (χ1n) is 2.83. The Hall–Kier alpha value is -0.610. The van der Waals surface area contributed by atoms with Gasteiger partial charge in [0.2, 0.25) is 0 Å². The lowest BCUT2D eigenvalue weighted by atomic mass is 9.98. The van der Waals surface area contributed by atoms with Gasteiger partial charge >= 0.3 is 5.97 Å². The molecule has 0 amide bonds. The van der Waals surface area contributed by atoms with E-state index in [2.05, 4.69) is 5.32 Å². The minimum Gasteiger partial charge on any atom is -0.480 e. The summed E-state index contributed by atoms with van der Waals surface area (Å²) in [6.07, 6.45) is 0.547. The number of aliphatic hydroxyl groups is 1. The summed E-state index contributed by atoms with van der Waals surface area (Å²) in [7, 11) is 0. The normalized spacial score (nSPS) is 33.4. The van der Waals surface area contributed by atoms with Crippen LogP contribution in [0.1, 0.15) is 6.42 Å². The molecular weight excluding hydrogens is 122 g/mol. The summed E-state index contributed by atoms with van der Waals surface area (Å²) < 4.78 is 0. The van der Waals surface area contributed by atoms with Gasteiger partial charge in [-0.3, -0.25) is 10.1 Å². The highest BCUT2D eigenvalue weighted by atomic mass is 16.4. The predicted molar refractivity (Wildman–Crippen MR) is 30.1 cm³/mol. The molecule has 1 aliphatic rings. The minimum absolute atomic E-state index is 0.00565. The molecule has 2 atom stereocenters. The molecule has 1 fully saturated rings.